The predicted molar refractivity (Wildman–Crippen MR) is 91.6 cm³/mol. The van der Waals surface area contributed by atoms with E-state index >= 15 is 0 Å². The summed E-state index contributed by atoms with van der Waals surface area (Å²) in [7, 11) is 2.11. The van der Waals surface area contributed by atoms with Crippen molar-refractivity contribution in [3.63, 3.8) is 0 Å². The molecule has 0 bridgehead atoms. The Morgan fingerprint density at radius 2 is 2.26 bits per heavy atom. The number of rotatable bonds is 7. The maximum absolute atomic E-state index is 11.6. The molecule has 2 aliphatic heterocycles. The Kier molecular flexibility index (Phi) is 7.61. The van der Waals surface area contributed by atoms with Gasteiger partial charge in [0.15, 0.2) is 5.96 Å². The minimum absolute atomic E-state index is 0.173. The van der Waals surface area contributed by atoms with E-state index in [9.17, 15) is 4.79 Å². The number of ether oxygens (including phenoxy) is 1. The second-order valence-corrected chi connectivity index (χ2v) is 6.24. The molecule has 2 fully saturated rings. The molecule has 1 unspecified atom stereocenters. The number of nitrogens with one attached hydrogen (secondary N) is 2. The van der Waals surface area contributed by atoms with E-state index in [0.29, 0.717) is 18.9 Å². The number of hydrogen-bond acceptors (Lipinski definition) is 4. The van der Waals surface area contributed by atoms with Gasteiger partial charge in [0, 0.05) is 45.7 Å². The topological polar surface area (TPSA) is 69.2 Å². The number of nitrogens with zero attached hydrogens (tertiary/aromatic N) is 3. The minimum atomic E-state index is 0.173. The summed E-state index contributed by atoms with van der Waals surface area (Å²) < 4.78 is 5.73. The van der Waals surface area contributed by atoms with Crippen LogP contribution in [0, 0.1) is 0 Å². The first-order valence-electron chi connectivity index (χ1n) is 8.79. The molecule has 1 atom stereocenters. The number of carbonyl (C=O) groups excluding carboxylic acids is 1. The minimum Gasteiger partial charge on any atom is -0.374 e. The summed E-state index contributed by atoms with van der Waals surface area (Å²) in [5.41, 5.74) is 0. The molecule has 2 rings (SSSR count). The van der Waals surface area contributed by atoms with E-state index in [1.807, 2.05) is 4.90 Å². The fourth-order valence-corrected chi connectivity index (χ4v) is 2.93. The summed E-state index contributed by atoms with van der Waals surface area (Å²) in [4.78, 5) is 20.4. The Bertz CT molecular complexity index is 402. The lowest BCUT2D eigenvalue weighted by atomic mass is 10.3. The highest BCUT2D eigenvalue weighted by Gasteiger charge is 2.19. The third-order valence-electron chi connectivity index (χ3n) is 4.21. The molecule has 0 radical (unpaired) electrons. The highest BCUT2D eigenvalue weighted by atomic mass is 16.5. The SMILES string of the molecule is CCNC(=NCC1CN(C)CCO1)NCCCN1CCCC1=O. The molecule has 1 amide bonds. The summed E-state index contributed by atoms with van der Waals surface area (Å²) in [6.45, 7) is 8.84. The van der Waals surface area contributed by atoms with Crippen LogP contribution in [0.1, 0.15) is 26.2 Å². The largest absolute Gasteiger partial charge is 0.374 e. The van der Waals surface area contributed by atoms with Gasteiger partial charge < -0.3 is 25.2 Å². The van der Waals surface area contributed by atoms with E-state index in [1.54, 1.807) is 0 Å². The van der Waals surface area contributed by atoms with Gasteiger partial charge in [-0.2, -0.15) is 0 Å². The normalized spacial score (nSPS) is 23.4. The monoisotopic (exact) mass is 325 g/mol. The van der Waals surface area contributed by atoms with Crippen LogP contribution in [-0.2, 0) is 9.53 Å². The zero-order valence-electron chi connectivity index (χ0n) is 14.5. The zero-order valence-corrected chi connectivity index (χ0v) is 14.5. The summed E-state index contributed by atoms with van der Waals surface area (Å²) in [5, 5.41) is 6.60. The first kappa shape index (κ1) is 18.0. The number of likely N-dealkylation sites (N-methyl/N-ethyl adjacent to an activating group) is 1. The molecule has 0 aromatic heterocycles. The Hall–Kier alpha value is -1.34. The van der Waals surface area contributed by atoms with Crippen LogP contribution in [0.15, 0.2) is 4.99 Å². The molecule has 2 aliphatic rings. The highest BCUT2D eigenvalue weighted by molar-refractivity contribution is 5.79. The molecule has 2 saturated heterocycles. The average molecular weight is 325 g/mol. The van der Waals surface area contributed by atoms with E-state index < -0.39 is 0 Å². The summed E-state index contributed by atoms with van der Waals surface area (Å²) in [5.74, 6) is 1.13. The molecule has 7 heteroatoms. The van der Waals surface area contributed by atoms with E-state index in [0.717, 1.165) is 64.7 Å². The van der Waals surface area contributed by atoms with Crippen molar-refractivity contribution in [3.05, 3.63) is 0 Å². The van der Waals surface area contributed by atoms with Crippen LogP contribution in [0.2, 0.25) is 0 Å². The van der Waals surface area contributed by atoms with E-state index in [1.165, 1.54) is 0 Å². The number of morpholine rings is 1. The molecule has 0 aromatic rings. The molecule has 2 N–H and O–H groups in total. The van der Waals surface area contributed by atoms with Crippen molar-refractivity contribution in [1.82, 2.24) is 20.4 Å². The number of likely N-dealkylation sites (tertiary alicyclic amines) is 1. The molecule has 23 heavy (non-hydrogen) atoms. The number of amides is 1. The zero-order chi connectivity index (χ0) is 16.5. The first-order valence-corrected chi connectivity index (χ1v) is 8.79. The molecule has 0 saturated carbocycles. The van der Waals surface area contributed by atoms with Crippen LogP contribution < -0.4 is 10.6 Å². The van der Waals surface area contributed by atoms with Crippen molar-refractivity contribution in [1.29, 1.82) is 0 Å². The number of hydrogen-bond donors (Lipinski definition) is 2. The maximum Gasteiger partial charge on any atom is 0.222 e. The maximum atomic E-state index is 11.6. The molecule has 2 heterocycles. The second-order valence-electron chi connectivity index (χ2n) is 6.24. The first-order chi connectivity index (χ1) is 11.2. The van der Waals surface area contributed by atoms with Crippen molar-refractivity contribution in [3.8, 4) is 0 Å². The predicted octanol–water partition coefficient (Wildman–Crippen LogP) is -0.115. The summed E-state index contributed by atoms with van der Waals surface area (Å²) in [6.07, 6.45) is 2.84. The van der Waals surface area contributed by atoms with Gasteiger partial charge in [-0.15, -0.1) is 0 Å². The van der Waals surface area contributed by atoms with E-state index in [-0.39, 0.29) is 6.10 Å². The molecular formula is C16H31N5O2. The van der Waals surface area contributed by atoms with Crippen molar-refractivity contribution in [2.75, 3.05) is 59.5 Å². The lowest BCUT2D eigenvalue weighted by molar-refractivity contribution is -0.127. The van der Waals surface area contributed by atoms with Crippen LogP contribution in [0.25, 0.3) is 0 Å². The van der Waals surface area contributed by atoms with Gasteiger partial charge in [-0.05, 0) is 26.8 Å². The van der Waals surface area contributed by atoms with Crippen molar-refractivity contribution in [2.45, 2.75) is 32.3 Å². The van der Waals surface area contributed by atoms with Gasteiger partial charge in [-0.1, -0.05) is 0 Å². The summed E-state index contributed by atoms with van der Waals surface area (Å²) >= 11 is 0. The second kappa shape index (κ2) is 9.72. The van der Waals surface area contributed by atoms with Crippen LogP contribution >= 0.6 is 0 Å². The number of guanidine groups is 1. The number of carbonyl (C=O) groups is 1. The van der Waals surface area contributed by atoms with Crippen molar-refractivity contribution < 1.29 is 9.53 Å². The van der Waals surface area contributed by atoms with Gasteiger partial charge in [0.2, 0.25) is 5.91 Å². The van der Waals surface area contributed by atoms with Gasteiger partial charge in [-0.25, -0.2) is 0 Å². The van der Waals surface area contributed by atoms with Gasteiger partial charge in [0.05, 0.1) is 19.3 Å². The Labute approximate surface area is 139 Å². The van der Waals surface area contributed by atoms with E-state index in [2.05, 4.69) is 34.5 Å². The fraction of sp³-hybridized carbons (Fsp3) is 0.875. The fourth-order valence-electron chi connectivity index (χ4n) is 2.93. The Morgan fingerprint density at radius 1 is 1.39 bits per heavy atom. The summed E-state index contributed by atoms with van der Waals surface area (Å²) in [6, 6.07) is 0. The molecule has 132 valence electrons. The Morgan fingerprint density at radius 3 is 2.96 bits per heavy atom. The van der Waals surface area contributed by atoms with Crippen molar-refractivity contribution in [2.24, 2.45) is 4.99 Å². The van der Waals surface area contributed by atoms with Gasteiger partial charge in [0.1, 0.15) is 0 Å². The van der Waals surface area contributed by atoms with Crippen molar-refractivity contribution >= 4 is 11.9 Å². The highest BCUT2D eigenvalue weighted by Crippen LogP contribution is 2.09. The number of aliphatic imine (C=N–C) groups is 1. The standard InChI is InChI=1S/C16H31N5O2/c1-3-17-16(19-12-14-13-20(2)10-11-23-14)18-7-5-9-21-8-4-6-15(21)22/h14H,3-13H2,1-2H3,(H2,17,18,19). The van der Waals surface area contributed by atoms with Crippen LogP contribution in [0.3, 0.4) is 0 Å². The molecule has 0 spiro atoms. The van der Waals surface area contributed by atoms with Crippen LogP contribution in [0.5, 0.6) is 0 Å². The van der Waals surface area contributed by atoms with Gasteiger partial charge in [0.25, 0.3) is 0 Å². The average Bonchev–Trinajstić information content (AvgIpc) is 2.94. The quantitative estimate of drug-likeness (QED) is 0.388. The third-order valence-corrected chi connectivity index (χ3v) is 4.21. The molecule has 7 nitrogen and oxygen atoms in total. The van der Waals surface area contributed by atoms with Gasteiger partial charge >= 0.3 is 0 Å². The third kappa shape index (κ3) is 6.35. The van der Waals surface area contributed by atoms with E-state index in [4.69, 9.17) is 4.74 Å². The lowest BCUT2D eigenvalue weighted by Gasteiger charge is -2.29. The molecule has 0 aliphatic carbocycles. The van der Waals surface area contributed by atoms with Crippen LogP contribution in [0.4, 0.5) is 0 Å². The molecular weight excluding hydrogens is 294 g/mol. The smallest absolute Gasteiger partial charge is 0.222 e. The lowest BCUT2D eigenvalue weighted by Crippen LogP contribution is -2.43. The van der Waals surface area contributed by atoms with Gasteiger partial charge in [-0.3, -0.25) is 9.79 Å². The molecule has 0 aromatic carbocycles. The van der Waals surface area contributed by atoms with Crippen LogP contribution in [-0.4, -0.2) is 87.2 Å². The Balaban J connectivity index is 1.67.